The van der Waals surface area contributed by atoms with Crippen molar-refractivity contribution in [3.05, 3.63) is 49.1 Å². The fourth-order valence-corrected chi connectivity index (χ4v) is 0.590. The summed E-state index contributed by atoms with van der Waals surface area (Å²) in [4.78, 5) is 0. The van der Waals surface area contributed by atoms with E-state index in [-0.39, 0.29) is 0 Å². The molecule has 0 rings (SSSR count). The molecule has 0 saturated carbocycles. The zero-order valence-electron chi connectivity index (χ0n) is 6.51. The average molecular weight is 134 g/mol. The first kappa shape index (κ1) is 8.96. The molecular weight excluding hydrogens is 120 g/mol. The Hall–Kier alpha value is -1.04. The van der Waals surface area contributed by atoms with Gasteiger partial charge in [-0.05, 0) is 18.9 Å². The van der Waals surface area contributed by atoms with Gasteiger partial charge in [0.2, 0.25) is 0 Å². The molecule has 0 heterocycles. The molecule has 0 nitrogen and oxygen atoms in total. The van der Waals surface area contributed by atoms with Gasteiger partial charge in [0.05, 0.1) is 0 Å². The van der Waals surface area contributed by atoms with Crippen LogP contribution < -0.4 is 0 Å². The minimum atomic E-state index is 0.962. The van der Waals surface area contributed by atoms with Crippen molar-refractivity contribution in [1.82, 2.24) is 0 Å². The molecule has 0 aromatic carbocycles. The Bertz CT molecular complexity index is 149. The molecule has 0 amide bonds. The Labute approximate surface area is 63.3 Å². The first-order chi connectivity index (χ1) is 4.85. The summed E-state index contributed by atoms with van der Waals surface area (Å²) in [5.74, 6) is 0. The Kier molecular flexibility index (Phi) is 5.45. The molecule has 0 heteroatoms. The van der Waals surface area contributed by atoms with Crippen LogP contribution in [0.4, 0.5) is 0 Å². The van der Waals surface area contributed by atoms with Crippen molar-refractivity contribution in [2.75, 3.05) is 0 Å². The molecule has 10 heavy (non-hydrogen) atoms. The van der Waals surface area contributed by atoms with Crippen molar-refractivity contribution in [2.24, 2.45) is 0 Å². The number of hydrogen-bond donors (Lipinski definition) is 0. The van der Waals surface area contributed by atoms with Crippen LogP contribution in [-0.4, -0.2) is 0 Å². The summed E-state index contributed by atoms with van der Waals surface area (Å²) in [5, 5.41) is 0. The van der Waals surface area contributed by atoms with E-state index >= 15 is 0 Å². The lowest BCUT2D eigenvalue weighted by molar-refractivity contribution is 1.36. The molecule has 54 valence electrons. The molecule has 0 atom stereocenters. The predicted octanol–water partition coefficient (Wildman–Crippen LogP) is 3.25. The van der Waals surface area contributed by atoms with Crippen LogP contribution in [0.2, 0.25) is 0 Å². The third-order valence-electron chi connectivity index (χ3n) is 1.20. The molecule has 0 bridgehead atoms. The first-order valence-electron chi connectivity index (χ1n) is 3.41. The van der Waals surface area contributed by atoms with Gasteiger partial charge >= 0.3 is 0 Å². The Morgan fingerprint density at radius 3 is 2.30 bits per heavy atom. The summed E-state index contributed by atoms with van der Waals surface area (Å²) in [6, 6.07) is 0. The maximum atomic E-state index is 3.65. The summed E-state index contributed by atoms with van der Waals surface area (Å²) in [6.07, 6.45) is 10.8. The van der Waals surface area contributed by atoms with Crippen LogP contribution in [0.25, 0.3) is 0 Å². The fraction of sp³-hybridized carbons (Fsp3) is 0.200. The maximum absolute atomic E-state index is 3.65. The molecule has 0 aliphatic carbocycles. The molecule has 0 fully saturated rings. The van der Waals surface area contributed by atoms with E-state index in [1.807, 2.05) is 13.0 Å². The molecule has 0 spiro atoms. The second-order valence-corrected chi connectivity index (χ2v) is 1.92. The summed E-state index contributed by atoms with van der Waals surface area (Å²) >= 11 is 0. The van der Waals surface area contributed by atoms with Crippen LogP contribution in [-0.2, 0) is 0 Å². The largest absolute Gasteiger partial charge is 0.0985 e. The van der Waals surface area contributed by atoms with Gasteiger partial charge in [-0.2, -0.15) is 0 Å². The van der Waals surface area contributed by atoms with Crippen molar-refractivity contribution in [1.29, 1.82) is 0 Å². The van der Waals surface area contributed by atoms with E-state index < -0.39 is 0 Å². The molecule has 0 N–H and O–H groups in total. The van der Waals surface area contributed by atoms with Gasteiger partial charge in [-0.1, -0.05) is 43.5 Å². The van der Waals surface area contributed by atoms with E-state index in [2.05, 4.69) is 25.3 Å². The van der Waals surface area contributed by atoms with E-state index in [1.54, 1.807) is 12.2 Å². The average Bonchev–Trinajstić information content (AvgIpc) is 1.99. The second kappa shape index (κ2) is 6.09. The molecule has 0 aliphatic rings. The predicted molar refractivity (Wildman–Crippen MR) is 47.9 cm³/mol. The lowest BCUT2D eigenvalue weighted by Crippen LogP contribution is -1.67. The minimum absolute atomic E-state index is 0.962. The van der Waals surface area contributed by atoms with Crippen LogP contribution in [0, 0.1) is 0 Å². The highest BCUT2D eigenvalue weighted by Gasteiger charge is 1.78. The molecule has 0 radical (unpaired) electrons. The third kappa shape index (κ3) is 3.90. The third-order valence-corrected chi connectivity index (χ3v) is 1.20. The number of rotatable bonds is 4. The van der Waals surface area contributed by atoms with Gasteiger partial charge in [0.15, 0.2) is 0 Å². The summed E-state index contributed by atoms with van der Waals surface area (Å²) in [7, 11) is 0. The van der Waals surface area contributed by atoms with Crippen molar-refractivity contribution in [3.8, 4) is 0 Å². The van der Waals surface area contributed by atoms with Gasteiger partial charge in [0.25, 0.3) is 0 Å². The second-order valence-electron chi connectivity index (χ2n) is 1.92. The van der Waals surface area contributed by atoms with Crippen LogP contribution in [0.15, 0.2) is 49.1 Å². The maximum Gasteiger partial charge on any atom is -0.0160 e. The SMILES string of the molecule is C=CC(C=C)=CCC=CC. The molecule has 0 aromatic heterocycles. The Morgan fingerprint density at radius 1 is 1.30 bits per heavy atom. The normalized spacial score (nSPS) is 9.30. The number of hydrogen-bond acceptors (Lipinski definition) is 0. The minimum Gasteiger partial charge on any atom is -0.0985 e. The van der Waals surface area contributed by atoms with Gasteiger partial charge in [-0.3, -0.25) is 0 Å². The fourth-order valence-electron chi connectivity index (χ4n) is 0.590. The summed E-state index contributed by atoms with van der Waals surface area (Å²) in [6.45, 7) is 9.30. The smallest absolute Gasteiger partial charge is 0.0160 e. The number of allylic oxidation sites excluding steroid dienone is 6. The van der Waals surface area contributed by atoms with E-state index in [0.29, 0.717) is 0 Å². The molecule has 0 unspecified atom stereocenters. The monoisotopic (exact) mass is 134 g/mol. The highest BCUT2D eigenvalue weighted by atomic mass is 13.8. The lowest BCUT2D eigenvalue weighted by atomic mass is 10.2. The van der Waals surface area contributed by atoms with Crippen LogP contribution in [0.5, 0.6) is 0 Å². The van der Waals surface area contributed by atoms with E-state index in [0.717, 1.165) is 12.0 Å². The van der Waals surface area contributed by atoms with Crippen molar-refractivity contribution < 1.29 is 0 Å². The molecule has 0 aliphatic heterocycles. The zero-order chi connectivity index (χ0) is 7.82. The van der Waals surface area contributed by atoms with Crippen LogP contribution >= 0.6 is 0 Å². The molecule has 0 aromatic rings. The zero-order valence-corrected chi connectivity index (χ0v) is 6.51. The highest BCUT2D eigenvalue weighted by Crippen LogP contribution is 1.98. The van der Waals surface area contributed by atoms with Crippen molar-refractivity contribution >= 4 is 0 Å². The standard InChI is InChI=1S/C10H14/c1-4-7-8-9-10(5-2)6-3/h4-7,9H,2-3,8H2,1H3. The Morgan fingerprint density at radius 2 is 1.90 bits per heavy atom. The van der Waals surface area contributed by atoms with E-state index in [9.17, 15) is 0 Å². The van der Waals surface area contributed by atoms with Crippen molar-refractivity contribution in [2.45, 2.75) is 13.3 Å². The van der Waals surface area contributed by atoms with Crippen LogP contribution in [0.3, 0.4) is 0 Å². The van der Waals surface area contributed by atoms with E-state index in [4.69, 9.17) is 0 Å². The van der Waals surface area contributed by atoms with Gasteiger partial charge in [-0.15, -0.1) is 0 Å². The lowest BCUT2D eigenvalue weighted by Gasteiger charge is -1.88. The summed E-state index contributed by atoms with van der Waals surface area (Å²) < 4.78 is 0. The molecule has 0 saturated heterocycles. The van der Waals surface area contributed by atoms with Gasteiger partial charge in [0, 0.05) is 0 Å². The quantitative estimate of drug-likeness (QED) is 0.409. The van der Waals surface area contributed by atoms with Crippen molar-refractivity contribution in [3.63, 3.8) is 0 Å². The van der Waals surface area contributed by atoms with Gasteiger partial charge in [-0.25, -0.2) is 0 Å². The van der Waals surface area contributed by atoms with Crippen LogP contribution in [0.1, 0.15) is 13.3 Å². The van der Waals surface area contributed by atoms with E-state index in [1.165, 1.54) is 0 Å². The first-order valence-corrected chi connectivity index (χ1v) is 3.41. The molecular formula is C10H14. The topological polar surface area (TPSA) is 0 Å². The highest BCUT2D eigenvalue weighted by molar-refractivity contribution is 5.27. The Balaban J connectivity index is 3.86. The van der Waals surface area contributed by atoms with Gasteiger partial charge < -0.3 is 0 Å². The summed E-state index contributed by atoms with van der Waals surface area (Å²) in [5.41, 5.74) is 1.10. The van der Waals surface area contributed by atoms with Gasteiger partial charge in [0.1, 0.15) is 0 Å².